The average Bonchev–Trinajstić information content (AvgIpc) is 2.90. The third kappa shape index (κ3) is 3.15. The van der Waals surface area contributed by atoms with Crippen LogP contribution in [0.25, 0.3) is 22.4 Å². The molecule has 0 aliphatic carbocycles. The highest BCUT2D eigenvalue weighted by atomic mass is 79.9. The summed E-state index contributed by atoms with van der Waals surface area (Å²) in [5.74, 6) is 0.244. The number of phenolic OH excluding ortho intramolecular Hbond substituents is 1. The summed E-state index contributed by atoms with van der Waals surface area (Å²) < 4.78 is 1.87. The number of nitrogens with zero attached hydrogens (tertiary/aromatic N) is 2. The van der Waals surface area contributed by atoms with E-state index in [4.69, 9.17) is 0 Å². The Kier molecular flexibility index (Phi) is 4.18. The van der Waals surface area contributed by atoms with Crippen molar-refractivity contribution >= 4 is 55.3 Å². The highest BCUT2D eigenvalue weighted by molar-refractivity contribution is 9.10. The molecule has 1 aromatic heterocycles. The van der Waals surface area contributed by atoms with Crippen LogP contribution in [0.15, 0.2) is 40.9 Å². The molecule has 0 bridgehead atoms. The minimum atomic E-state index is 0.244. The summed E-state index contributed by atoms with van der Waals surface area (Å²) in [5.41, 5.74) is 3.20. The Morgan fingerprint density at radius 3 is 2.68 bits per heavy atom. The lowest BCUT2D eigenvalue weighted by Gasteiger charge is -2.11. The molecule has 0 atom stereocenters. The molecule has 0 radical (unpaired) electrons. The van der Waals surface area contributed by atoms with E-state index in [0.717, 1.165) is 16.1 Å². The van der Waals surface area contributed by atoms with Gasteiger partial charge in [0.25, 0.3) is 0 Å². The maximum Gasteiger partial charge on any atom is 0.129 e. The van der Waals surface area contributed by atoms with Crippen molar-refractivity contribution in [2.24, 2.45) is 0 Å². The number of aromatic nitrogens is 1. The second kappa shape index (κ2) is 6.10. The number of benzene rings is 2. The van der Waals surface area contributed by atoms with Gasteiger partial charge in [-0.05, 0) is 57.9 Å². The van der Waals surface area contributed by atoms with E-state index in [2.05, 4.69) is 44.0 Å². The summed E-state index contributed by atoms with van der Waals surface area (Å²) in [5, 5.41) is 10.5. The topological polar surface area (TPSA) is 36.4 Å². The van der Waals surface area contributed by atoms with Gasteiger partial charge in [0.05, 0.1) is 14.7 Å². The molecule has 1 N–H and O–H groups in total. The predicted molar refractivity (Wildman–Crippen MR) is 98.7 cm³/mol. The number of anilines is 1. The second-order valence-corrected chi connectivity index (χ2v) is 7.06. The first-order chi connectivity index (χ1) is 10.5. The van der Waals surface area contributed by atoms with Gasteiger partial charge in [-0.1, -0.05) is 12.1 Å². The molecule has 0 aliphatic rings. The van der Waals surface area contributed by atoms with Crippen LogP contribution in [-0.2, 0) is 0 Å². The highest BCUT2D eigenvalue weighted by Gasteiger charge is 2.04. The van der Waals surface area contributed by atoms with E-state index in [1.807, 2.05) is 38.4 Å². The van der Waals surface area contributed by atoms with Crippen molar-refractivity contribution in [3.05, 3.63) is 51.4 Å². The fourth-order valence-corrected chi connectivity index (χ4v) is 3.37. The van der Waals surface area contributed by atoms with Crippen LogP contribution in [0.1, 0.15) is 10.6 Å². The number of phenols is 1. The molecular weight excluding hydrogens is 360 g/mol. The van der Waals surface area contributed by atoms with E-state index >= 15 is 0 Å². The maximum atomic E-state index is 9.51. The van der Waals surface area contributed by atoms with E-state index in [1.54, 1.807) is 17.4 Å². The van der Waals surface area contributed by atoms with Crippen molar-refractivity contribution in [1.29, 1.82) is 0 Å². The molecule has 0 saturated carbocycles. The molecule has 3 nitrogen and oxygen atoms in total. The number of thiazole rings is 1. The molecule has 22 heavy (non-hydrogen) atoms. The normalized spacial score (nSPS) is 11.4. The van der Waals surface area contributed by atoms with E-state index in [0.29, 0.717) is 4.47 Å². The summed E-state index contributed by atoms with van der Waals surface area (Å²) in [6.07, 6.45) is 3.99. The Morgan fingerprint density at radius 1 is 1.14 bits per heavy atom. The molecule has 5 heteroatoms. The van der Waals surface area contributed by atoms with Gasteiger partial charge < -0.3 is 10.0 Å². The van der Waals surface area contributed by atoms with E-state index in [1.165, 1.54) is 10.4 Å². The van der Waals surface area contributed by atoms with Gasteiger partial charge in [0.2, 0.25) is 0 Å². The maximum absolute atomic E-state index is 9.51. The number of aromatic hydroxyl groups is 1. The van der Waals surface area contributed by atoms with Gasteiger partial charge in [0.15, 0.2) is 0 Å². The minimum Gasteiger partial charge on any atom is -0.507 e. The van der Waals surface area contributed by atoms with E-state index < -0.39 is 0 Å². The Labute approximate surface area is 141 Å². The molecule has 0 saturated heterocycles. The fraction of sp³-hybridized carbons (Fsp3) is 0.118. The van der Waals surface area contributed by atoms with Gasteiger partial charge in [-0.2, -0.15) is 0 Å². The molecule has 0 fully saturated rings. The lowest BCUT2D eigenvalue weighted by Crippen LogP contribution is -2.07. The zero-order valence-corrected chi connectivity index (χ0v) is 14.6. The lowest BCUT2D eigenvalue weighted by molar-refractivity contribution is 0.472. The van der Waals surface area contributed by atoms with Crippen molar-refractivity contribution in [3.8, 4) is 5.75 Å². The predicted octanol–water partition coefficient (Wildman–Crippen LogP) is 5.00. The molecule has 0 amide bonds. The van der Waals surface area contributed by atoms with Gasteiger partial charge in [-0.15, -0.1) is 11.3 Å². The zero-order chi connectivity index (χ0) is 15.7. The monoisotopic (exact) mass is 374 g/mol. The van der Waals surface area contributed by atoms with Gasteiger partial charge in [-0.25, -0.2) is 4.98 Å². The zero-order valence-electron chi connectivity index (χ0n) is 12.2. The Hall–Kier alpha value is -1.85. The summed E-state index contributed by atoms with van der Waals surface area (Å²) in [6, 6.07) is 11.7. The van der Waals surface area contributed by atoms with Crippen molar-refractivity contribution in [1.82, 2.24) is 4.98 Å². The van der Waals surface area contributed by atoms with E-state index in [-0.39, 0.29) is 5.75 Å². The largest absolute Gasteiger partial charge is 0.507 e. The first kappa shape index (κ1) is 15.1. The Morgan fingerprint density at radius 2 is 1.95 bits per heavy atom. The quantitative estimate of drug-likeness (QED) is 0.700. The van der Waals surface area contributed by atoms with Crippen molar-refractivity contribution in [2.45, 2.75) is 0 Å². The molecule has 0 aliphatic heterocycles. The first-order valence-electron chi connectivity index (χ1n) is 6.77. The third-order valence-corrected chi connectivity index (χ3v) is 4.91. The summed E-state index contributed by atoms with van der Waals surface area (Å²) in [4.78, 5) is 6.71. The number of halogens is 1. The molecule has 3 rings (SSSR count). The standard InChI is InChI=1S/C17H15BrN2OS/c1-20(2)12-5-6-14-16(10-12)22-17(19-14)8-4-11-3-7-15(21)13(18)9-11/h3-10,21H,1-2H3. The third-order valence-electron chi connectivity index (χ3n) is 3.30. The Bertz CT molecular complexity index is 855. The van der Waals surface area contributed by atoms with Crippen LogP contribution >= 0.6 is 27.3 Å². The molecule has 3 aromatic rings. The van der Waals surface area contributed by atoms with Crippen molar-refractivity contribution < 1.29 is 5.11 Å². The van der Waals surface area contributed by atoms with Crippen LogP contribution in [0.2, 0.25) is 0 Å². The SMILES string of the molecule is CN(C)c1ccc2nc(C=Cc3ccc(O)c(Br)c3)sc2c1. The molecular formula is C17H15BrN2OS. The first-order valence-corrected chi connectivity index (χ1v) is 8.38. The summed E-state index contributed by atoms with van der Waals surface area (Å²) in [6.45, 7) is 0. The van der Waals surface area contributed by atoms with E-state index in [9.17, 15) is 5.11 Å². The fourth-order valence-electron chi connectivity index (χ4n) is 2.07. The van der Waals surface area contributed by atoms with Crippen LogP contribution < -0.4 is 4.90 Å². The molecule has 112 valence electrons. The molecule has 1 heterocycles. The van der Waals surface area contributed by atoms with Crippen LogP contribution in [0, 0.1) is 0 Å². The van der Waals surface area contributed by atoms with Gasteiger partial charge in [0.1, 0.15) is 10.8 Å². The summed E-state index contributed by atoms with van der Waals surface area (Å²) >= 11 is 4.99. The average molecular weight is 375 g/mol. The second-order valence-electron chi connectivity index (χ2n) is 5.14. The van der Waals surface area contributed by atoms with Gasteiger partial charge >= 0.3 is 0 Å². The smallest absolute Gasteiger partial charge is 0.129 e. The van der Waals surface area contributed by atoms with Crippen molar-refractivity contribution in [3.63, 3.8) is 0 Å². The number of hydrogen-bond donors (Lipinski definition) is 1. The minimum absolute atomic E-state index is 0.244. The van der Waals surface area contributed by atoms with Crippen LogP contribution in [-0.4, -0.2) is 24.2 Å². The van der Waals surface area contributed by atoms with Crippen molar-refractivity contribution in [2.75, 3.05) is 19.0 Å². The van der Waals surface area contributed by atoms with Crippen LogP contribution in [0.4, 0.5) is 5.69 Å². The number of hydrogen-bond acceptors (Lipinski definition) is 4. The molecule has 0 spiro atoms. The van der Waals surface area contributed by atoms with Crippen LogP contribution in [0.3, 0.4) is 0 Å². The number of fused-ring (bicyclic) bond motifs is 1. The van der Waals surface area contributed by atoms with Gasteiger partial charge in [0, 0.05) is 19.8 Å². The van der Waals surface area contributed by atoms with Gasteiger partial charge in [-0.3, -0.25) is 0 Å². The summed E-state index contributed by atoms with van der Waals surface area (Å²) in [7, 11) is 4.07. The Balaban J connectivity index is 1.90. The lowest BCUT2D eigenvalue weighted by atomic mass is 10.2. The molecule has 2 aromatic carbocycles. The number of rotatable bonds is 3. The van der Waals surface area contributed by atoms with Crippen LogP contribution in [0.5, 0.6) is 5.75 Å². The molecule has 0 unspecified atom stereocenters. The highest BCUT2D eigenvalue weighted by Crippen LogP contribution is 2.28.